The van der Waals surface area contributed by atoms with Gasteiger partial charge in [0.15, 0.2) is 0 Å². The summed E-state index contributed by atoms with van der Waals surface area (Å²) in [6, 6.07) is 8.03. The molecule has 0 aromatic heterocycles. The van der Waals surface area contributed by atoms with Crippen LogP contribution in [0.3, 0.4) is 0 Å². The Kier molecular flexibility index (Phi) is 3.10. The number of ether oxygens (including phenoxy) is 1. The summed E-state index contributed by atoms with van der Waals surface area (Å²) in [4.78, 5) is 13.1. The largest absolute Gasteiger partial charge is 0.439 e. The number of aryl methyl sites for hydroxylation is 1. The minimum absolute atomic E-state index is 0.154. The standard InChI is InChI=1S/C12H16N2O2/c1-9-3-2-4-10(7-9)11-8-14(6-5-13)12(15)16-11/h2-4,7,11H,5-6,8,13H2,1H3. The van der Waals surface area contributed by atoms with Crippen molar-refractivity contribution in [3.63, 3.8) is 0 Å². The lowest BCUT2D eigenvalue weighted by Gasteiger charge is -2.11. The minimum atomic E-state index is -0.267. The van der Waals surface area contributed by atoms with E-state index in [0.717, 1.165) is 5.56 Å². The van der Waals surface area contributed by atoms with E-state index in [9.17, 15) is 4.79 Å². The van der Waals surface area contributed by atoms with Crippen molar-refractivity contribution in [3.8, 4) is 0 Å². The number of cyclic esters (lactones) is 1. The van der Waals surface area contributed by atoms with Crippen LogP contribution in [-0.4, -0.2) is 30.6 Å². The van der Waals surface area contributed by atoms with Crippen molar-refractivity contribution in [2.75, 3.05) is 19.6 Å². The van der Waals surface area contributed by atoms with Crippen molar-refractivity contribution < 1.29 is 9.53 Å². The smallest absolute Gasteiger partial charge is 0.410 e. The quantitative estimate of drug-likeness (QED) is 0.838. The van der Waals surface area contributed by atoms with Crippen LogP contribution in [0.1, 0.15) is 17.2 Å². The molecule has 1 fully saturated rings. The van der Waals surface area contributed by atoms with Gasteiger partial charge in [-0.15, -0.1) is 0 Å². The molecular formula is C12H16N2O2. The van der Waals surface area contributed by atoms with Gasteiger partial charge in [0.1, 0.15) is 6.10 Å². The van der Waals surface area contributed by atoms with E-state index in [1.807, 2.05) is 31.2 Å². The van der Waals surface area contributed by atoms with Crippen molar-refractivity contribution in [2.45, 2.75) is 13.0 Å². The van der Waals surface area contributed by atoms with E-state index in [1.165, 1.54) is 5.56 Å². The molecule has 1 amide bonds. The molecule has 1 atom stereocenters. The SMILES string of the molecule is Cc1cccc(C2CN(CCN)C(=O)O2)c1. The van der Waals surface area contributed by atoms with Gasteiger partial charge in [-0.05, 0) is 12.5 Å². The fourth-order valence-electron chi connectivity index (χ4n) is 1.89. The third kappa shape index (κ3) is 2.17. The molecule has 2 rings (SSSR count). The van der Waals surface area contributed by atoms with Crippen LogP contribution in [0, 0.1) is 6.92 Å². The summed E-state index contributed by atoms with van der Waals surface area (Å²) in [5.74, 6) is 0. The van der Waals surface area contributed by atoms with Crippen molar-refractivity contribution in [3.05, 3.63) is 35.4 Å². The molecule has 4 nitrogen and oxygen atoms in total. The number of carbonyl (C=O) groups excluding carboxylic acids is 1. The van der Waals surface area contributed by atoms with Crippen LogP contribution >= 0.6 is 0 Å². The number of nitrogens with two attached hydrogens (primary N) is 1. The Balaban J connectivity index is 2.10. The van der Waals surface area contributed by atoms with Crippen molar-refractivity contribution >= 4 is 6.09 Å². The van der Waals surface area contributed by atoms with Gasteiger partial charge in [0.05, 0.1) is 6.54 Å². The summed E-state index contributed by atoms with van der Waals surface area (Å²) >= 11 is 0. The normalized spacial score (nSPS) is 20.0. The molecule has 1 aliphatic heterocycles. The van der Waals surface area contributed by atoms with E-state index in [1.54, 1.807) is 4.90 Å². The number of carbonyl (C=O) groups is 1. The first-order valence-electron chi connectivity index (χ1n) is 5.43. The molecule has 1 unspecified atom stereocenters. The molecule has 0 saturated carbocycles. The second-order valence-electron chi connectivity index (χ2n) is 4.02. The minimum Gasteiger partial charge on any atom is -0.439 e. The van der Waals surface area contributed by atoms with Gasteiger partial charge in [0, 0.05) is 13.1 Å². The lowest BCUT2D eigenvalue weighted by molar-refractivity contribution is 0.133. The first-order chi connectivity index (χ1) is 7.70. The predicted octanol–water partition coefficient (Wildman–Crippen LogP) is 1.45. The van der Waals surface area contributed by atoms with Gasteiger partial charge in [0.2, 0.25) is 0 Å². The summed E-state index contributed by atoms with van der Waals surface area (Å²) in [7, 11) is 0. The summed E-state index contributed by atoms with van der Waals surface area (Å²) in [5, 5.41) is 0. The van der Waals surface area contributed by atoms with Gasteiger partial charge in [-0.3, -0.25) is 0 Å². The Hall–Kier alpha value is -1.55. The van der Waals surface area contributed by atoms with Crippen LogP contribution in [0.4, 0.5) is 4.79 Å². The number of hydrogen-bond donors (Lipinski definition) is 1. The molecule has 0 bridgehead atoms. The van der Waals surface area contributed by atoms with Gasteiger partial charge in [0.25, 0.3) is 0 Å². The highest BCUT2D eigenvalue weighted by Crippen LogP contribution is 2.26. The van der Waals surface area contributed by atoms with Crippen molar-refractivity contribution in [1.29, 1.82) is 0 Å². The number of rotatable bonds is 3. The van der Waals surface area contributed by atoms with Crippen molar-refractivity contribution in [1.82, 2.24) is 4.90 Å². The monoisotopic (exact) mass is 220 g/mol. The molecule has 0 spiro atoms. The van der Waals surface area contributed by atoms with Crippen LogP contribution in [0.25, 0.3) is 0 Å². The molecule has 2 N–H and O–H groups in total. The molecule has 0 aliphatic carbocycles. The summed E-state index contributed by atoms with van der Waals surface area (Å²) in [5.41, 5.74) is 7.65. The highest BCUT2D eigenvalue weighted by molar-refractivity contribution is 5.70. The highest BCUT2D eigenvalue weighted by atomic mass is 16.6. The van der Waals surface area contributed by atoms with E-state index in [0.29, 0.717) is 19.6 Å². The fraction of sp³-hybridized carbons (Fsp3) is 0.417. The van der Waals surface area contributed by atoms with Crippen LogP contribution in [0.5, 0.6) is 0 Å². The molecule has 1 aliphatic rings. The maximum absolute atomic E-state index is 11.5. The second-order valence-corrected chi connectivity index (χ2v) is 4.02. The molecule has 1 saturated heterocycles. The molecule has 4 heteroatoms. The third-order valence-corrected chi connectivity index (χ3v) is 2.70. The van der Waals surface area contributed by atoms with E-state index in [-0.39, 0.29) is 12.2 Å². The number of nitrogens with zero attached hydrogens (tertiary/aromatic N) is 1. The van der Waals surface area contributed by atoms with E-state index in [2.05, 4.69) is 0 Å². The van der Waals surface area contributed by atoms with E-state index >= 15 is 0 Å². The summed E-state index contributed by atoms with van der Waals surface area (Å²) in [6.07, 6.45) is -0.420. The highest BCUT2D eigenvalue weighted by Gasteiger charge is 2.31. The Morgan fingerprint density at radius 2 is 2.38 bits per heavy atom. The van der Waals surface area contributed by atoms with E-state index < -0.39 is 0 Å². The second kappa shape index (κ2) is 4.53. The Bertz CT molecular complexity index is 392. The molecule has 1 heterocycles. The lowest BCUT2D eigenvalue weighted by Crippen LogP contribution is -2.30. The lowest BCUT2D eigenvalue weighted by atomic mass is 10.1. The molecule has 1 aromatic carbocycles. The topological polar surface area (TPSA) is 55.6 Å². The summed E-state index contributed by atoms with van der Waals surface area (Å²) < 4.78 is 5.30. The predicted molar refractivity (Wildman–Crippen MR) is 61.0 cm³/mol. The zero-order valence-corrected chi connectivity index (χ0v) is 9.35. The molecule has 1 aromatic rings. The van der Waals surface area contributed by atoms with Crippen molar-refractivity contribution in [2.24, 2.45) is 5.73 Å². The summed E-state index contributed by atoms with van der Waals surface area (Å²) in [6.45, 7) is 3.65. The molecular weight excluding hydrogens is 204 g/mol. The molecule has 16 heavy (non-hydrogen) atoms. The zero-order chi connectivity index (χ0) is 11.5. The van der Waals surface area contributed by atoms with Gasteiger partial charge < -0.3 is 15.4 Å². The van der Waals surface area contributed by atoms with Gasteiger partial charge in [-0.2, -0.15) is 0 Å². The first-order valence-corrected chi connectivity index (χ1v) is 5.43. The van der Waals surface area contributed by atoms with Crippen LogP contribution in [0.2, 0.25) is 0 Å². The first kappa shape index (κ1) is 11.0. The number of hydrogen-bond acceptors (Lipinski definition) is 3. The Morgan fingerprint density at radius 1 is 1.56 bits per heavy atom. The third-order valence-electron chi connectivity index (χ3n) is 2.70. The average molecular weight is 220 g/mol. The maximum atomic E-state index is 11.5. The van der Waals surface area contributed by atoms with Gasteiger partial charge >= 0.3 is 6.09 Å². The van der Waals surface area contributed by atoms with Crippen LogP contribution in [-0.2, 0) is 4.74 Å². The Labute approximate surface area is 95.0 Å². The van der Waals surface area contributed by atoms with Crippen LogP contribution < -0.4 is 5.73 Å². The average Bonchev–Trinajstić information content (AvgIpc) is 2.61. The van der Waals surface area contributed by atoms with Crippen LogP contribution in [0.15, 0.2) is 24.3 Å². The number of benzene rings is 1. The number of amides is 1. The molecule has 0 radical (unpaired) electrons. The van der Waals surface area contributed by atoms with E-state index in [4.69, 9.17) is 10.5 Å². The zero-order valence-electron chi connectivity index (χ0n) is 9.35. The van der Waals surface area contributed by atoms with Gasteiger partial charge in [-0.1, -0.05) is 29.8 Å². The maximum Gasteiger partial charge on any atom is 0.410 e. The Morgan fingerprint density at radius 3 is 3.06 bits per heavy atom. The van der Waals surface area contributed by atoms with Gasteiger partial charge in [-0.25, -0.2) is 4.79 Å². The molecule has 86 valence electrons. The fourth-order valence-corrected chi connectivity index (χ4v) is 1.89.